The molecule has 0 unspecified atom stereocenters. The predicted molar refractivity (Wildman–Crippen MR) is 110 cm³/mol. The van der Waals surface area contributed by atoms with Crippen molar-refractivity contribution in [2.24, 2.45) is 0 Å². The van der Waals surface area contributed by atoms with E-state index in [1.54, 1.807) is 21.9 Å². The van der Waals surface area contributed by atoms with Crippen molar-refractivity contribution in [1.29, 1.82) is 0 Å². The van der Waals surface area contributed by atoms with E-state index in [0.29, 0.717) is 38.3 Å². The Bertz CT molecular complexity index is 861. The average Bonchev–Trinajstić information content (AvgIpc) is 2.72. The molecule has 6 fully saturated rings. The van der Waals surface area contributed by atoms with Gasteiger partial charge in [-0.15, -0.1) is 0 Å². The molecule has 1 spiro atoms. The number of nitrogens with zero attached hydrogens (tertiary/aromatic N) is 3. The van der Waals surface area contributed by atoms with Gasteiger partial charge in [-0.2, -0.15) is 0 Å². The van der Waals surface area contributed by atoms with E-state index in [0.717, 1.165) is 11.8 Å². The van der Waals surface area contributed by atoms with Crippen LogP contribution in [-0.4, -0.2) is 119 Å². The van der Waals surface area contributed by atoms with Crippen molar-refractivity contribution in [2.45, 2.75) is 6.54 Å². The first-order chi connectivity index (χ1) is 15.8. The third-order valence-electron chi connectivity index (χ3n) is 5.25. The summed E-state index contributed by atoms with van der Waals surface area (Å²) in [4.78, 5) is 66.0. The van der Waals surface area contributed by atoms with E-state index in [1.165, 1.54) is 0 Å². The van der Waals surface area contributed by atoms with Gasteiger partial charge in [0.05, 0.1) is 0 Å². The molecule has 7 rings (SSSR count). The van der Waals surface area contributed by atoms with Gasteiger partial charge >= 0.3 is 185 Å². The molecule has 3 bridgehead atoms. The SMILES string of the molecule is O=Cc1ccc(CN2CCN3CC(=O)[O][Bi]4([O]C(=O)C3)[O]C(=O)CN(CC2)CC(=O)[O]4)cc1. The third kappa shape index (κ3) is 6.32. The zero-order chi connectivity index (χ0) is 23.4. The molecule has 177 valence electrons. The number of hydrogen-bond acceptors (Lipinski definition) is 12. The van der Waals surface area contributed by atoms with E-state index in [4.69, 9.17) is 11.3 Å². The Labute approximate surface area is 196 Å². The molecule has 0 aliphatic carbocycles. The first-order valence-corrected chi connectivity index (χ1v) is 16.0. The van der Waals surface area contributed by atoms with Crippen LogP contribution in [0.25, 0.3) is 0 Å². The maximum absolute atomic E-state index is 12.5. The molecule has 6 heterocycles. The van der Waals surface area contributed by atoms with Crippen molar-refractivity contribution in [3.63, 3.8) is 0 Å². The Hall–Kier alpha value is -2.47. The predicted octanol–water partition coefficient (Wildman–Crippen LogP) is -1.45. The van der Waals surface area contributed by atoms with Crippen molar-refractivity contribution in [3.05, 3.63) is 35.4 Å². The Morgan fingerprint density at radius 3 is 1.52 bits per heavy atom. The minimum atomic E-state index is -5.60. The Morgan fingerprint density at radius 2 is 1.12 bits per heavy atom. The maximum atomic E-state index is 12.5. The van der Waals surface area contributed by atoms with Crippen LogP contribution in [0.2, 0.25) is 0 Å². The van der Waals surface area contributed by atoms with Gasteiger partial charge in [0.1, 0.15) is 6.29 Å². The van der Waals surface area contributed by atoms with E-state index < -0.39 is 45.9 Å². The van der Waals surface area contributed by atoms with Crippen molar-refractivity contribution < 1.29 is 35.2 Å². The summed E-state index contributed by atoms with van der Waals surface area (Å²) < 4.78 is 20.9. The fourth-order valence-corrected chi connectivity index (χ4v) is 9.33. The Kier molecular flexibility index (Phi) is 7.33. The van der Waals surface area contributed by atoms with Crippen LogP contribution in [0.4, 0.5) is 0 Å². The van der Waals surface area contributed by atoms with Gasteiger partial charge in [-0.1, -0.05) is 0 Å². The van der Waals surface area contributed by atoms with Crippen LogP contribution in [0.1, 0.15) is 15.9 Å². The van der Waals surface area contributed by atoms with Gasteiger partial charge in [-0.3, -0.25) is 4.79 Å². The van der Waals surface area contributed by atoms with E-state index in [1.807, 2.05) is 12.1 Å². The van der Waals surface area contributed by atoms with Crippen molar-refractivity contribution in [3.8, 4) is 0 Å². The van der Waals surface area contributed by atoms with Crippen LogP contribution in [-0.2, 0) is 37.0 Å². The fraction of sp³-hybridized carbons (Fsp3) is 0.450. The molecule has 6 aliphatic rings. The minimum absolute atomic E-state index is 0.238. The van der Waals surface area contributed by atoms with Crippen molar-refractivity contribution in [1.82, 2.24) is 14.7 Å². The zero-order valence-corrected chi connectivity index (χ0v) is 21.2. The summed E-state index contributed by atoms with van der Waals surface area (Å²) in [6, 6.07) is 7.13. The van der Waals surface area contributed by atoms with Gasteiger partial charge in [0, 0.05) is 0 Å². The van der Waals surface area contributed by atoms with Gasteiger partial charge in [0.25, 0.3) is 0 Å². The molecule has 12 nitrogen and oxygen atoms in total. The van der Waals surface area contributed by atoms with Crippen molar-refractivity contribution in [2.75, 3.05) is 52.4 Å². The quantitative estimate of drug-likeness (QED) is 0.278. The van der Waals surface area contributed by atoms with Crippen LogP contribution < -0.4 is 0 Å². The summed E-state index contributed by atoms with van der Waals surface area (Å²) in [6.45, 7) is 1.30. The number of rotatable bonds is 3. The molecule has 1 radical (unpaired) electrons. The topological polar surface area (TPSA) is 132 Å². The monoisotopic (exact) mass is 658 g/mol. The van der Waals surface area contributed by atoms with E-state index in [9.17, 15) is 24.0 Å². The standard InChI is InChI=1S/C20H27N3O9.Bi/c24-14-16-3-1-15(2-4-16)9-21(5-7-22(10-17(25)26)11-18(27)28)6-8-23(12-19(29)30)13-20(31)32;/h1-4,14H,5-13H2,(H,25,26)(H,27,28)(H,29,30)(H,31,32);/q;+4/p-4. The number of carbonyl (C=O) groups excluding carboxylic acids is 5. The van der Waals surface area contributed by atoms with Gasteiger partial charge < -0.3 is 0 Å². The number of carbonyl (C=O) groups is 5. The van der Waals surface area contributed by atoms with Crippen LogP contribution >= 0.6 is 0 Å². The number of hydrogen-bond donors (Lipinski definition) is 0. The molecule has 6 saturated heterocycles. The fourth-order valence-electron chi connectivity index (χ4n) is 3.68. The molecule has 0 N–H and O–H groups in total. The summed E-state index contributed by atoms with van der Waals surface area (Å²) in [5, 5.41) is 0. The summed E-state index contributed by atoms with van der Waals surface area (Å²) in [5.41, 5.74) is 1.52. The second-order valence-corrected chi connectivity index (χ2v) is 14.2. The second kappa shape index (κ2) is 10.2. The first kappa shape index (κ1) is 23.7. The molecule has 0 saturated carbocycles. The Balaban J connectivity index is 1.60. The molecular formula is C20H23BiN3O9. The van der Waals surface area contributed by atoms with E-state index in [-0.39, 0.29) is 26.2 Å². The Morgan fingerprint density at radius 1 is 0.697 bits per heavy atom. The molecule has 0 amide bonds. The average molecular weight is 658 g/mol. The van der Waals surface area contributed by atoms with Crippen LogP contribution in [0.15, 0.2) is 24.3 Å². The molecule has 33 heavy (non-hydrogen) atoms. The molecule has 0 atom stereocenters. The summed E-state index contributed by atoms with van der Waals surface area (Å²) in [6.07, 6.45) is 0.769. The van der Waals surface area contributed by atoms with Gasteiger partial charge in [0.15, 0.2) is 0 Å². The van der Waals surface area contributed by atoms with Gasteiger partial charge in [-0.05, 0) is 0 Å². The molecular weight excluding hydrogens is 635 g/mol. The van der Waals surface area contributed by atoms with Crippen LogP contribution in [0, 0.1) is 0 Å². The van der Waals surface area contributed by atoms with Gasteiger partial charge in [0.2, 0.25) is 0 Å². The number of aldehydes is 1. The second-order valence-electron chi connectivity index (χ2n) is 7.86. The summed E-state index contributed by atoms with van der Waals surface area (Å²) in [7, 11) is 0. The van der Waals surface area contributed by atoms with Gasteiger partial charge in [-0.25, -0.2) is 0 Å². The first-order valence-electron chi connectivity index (χ1n) is 10.3. The normalized spacial score (nSPS) is 29.1. The molecule has 1 aromatic carbocycles. The van der Waals surface area contributed by atoms with E-state index in [2.05, 4.69) is 4.90 Å². The molecule has 6 aliphatic heterocycles. The molecule has 0 aromatic heterocycles. The zero-order valence-electron chi connectivity index (χ0n) is 17.7. The molecule has 13 heteroatoms. The van der Waals surface area contributed by atoms with Crippen molar-refractivity contribution >= 4 is 52.2 Å². The number of benzene rings is 1. The third-order valence-corrected chi connectivity index (χ3v) is 11.9. The van der Waals surface area contributed by atoms with Crippen LogP contribution in [0.3, 0.4) is 0 Å². The summed E-state index contributed by atoms with van der Waals surface area (Å²) in [5.74, 6) is -3.14. The molecule has 1 aromatic rings. The summed E-state index contributed by atoms with van der Waals surface area (Å²) >= 11 is -5.60. The van der Waals surface area contributed by atoms with E-state index >= 15 is 0 Å². The van der Waals surface area contributed by atoms with Crippen LogP contribution in [0.5, 0.6) is 0 Å².